The van der Waals surface area contributed by atoms with Crippen LogP contribution in [0, 0.1) is 13.8 Å². The van der Waals surface area contributed by atoms with Crippen LogP contribution in [0.1, 0.15) is 23.2 Å². The molecule has 5 heteroatoms. The summed E-state index contributed by atoms with van der Waals surface area (Å²) in [6.07, 6.45) is 1.08. The number of hydrogen-bond acceptors (Lipinski definition) is 3. The number of hydrogen-bond donors (Lipinski definition) is 1. The first kappa shape index (κ1) is 17.7. The topological polar surface area (TPSA) is 56.1 Å². The first-order valence-electron chi connectivity index (χ1n) is 8.61. The quantitative estimate of drug-likeness (QED) is 0.730. The van der Waals surface area contributed by atoms with Gasteiger partial charge >= 0.3 is 0 Å². The van der Waals surface area contributed by atoms with Gasteiger partial charge in [-0.15, -0.1) is 0 Å². The number of methoxy groups -OCH3 is 1. The van der Waals surface area contributed by atoms with Crippen molar-refractivity contribution in [2.24, 2.45) is 0 Å². The van der Waals surface area contributed by atoms with Gasteiger partial charge in [0.05, 0.1) is 18.5 Å². The molecular formula is C21H23N3O2. The summed E-state index contributed by atoms with van der Waals surface area (Å²) in [4.78, 5) is 12.4. The monoisotopic (exact) mass is 349 g/mol. The Bertz CT molecular complexity index is 881. The van der Waals surface area contributed by atoms with Gasteiger partial charge in [0, 0.05) is 12.5 Å². The van der Waals surface area contributed by atoms with E-state index in [9.17, 15) is 4.79 Å². The molecule has 1 aromatic heterocycles. The van der Waals surface area contributed by atoms with Crippen LogP contribution in [-0.2, 0) is 11.2 Å². The van der Waals surface area contributed by atoms with Crippen LogP contribution < -0.4 is 10.1 Å². The molecule has 3 rings (SSSR count). The number of nitrogens with one attached hydrogen (secondary N) is 1. The summed E-state index contributed by atoms with van der Waals surface area (Å²) in [5.41, 5.74) is 4.07. The fourth-order valence-electron chi connectivity index (χ4n) is 2.73. The van der Waals surface area contributed by atoms with E-state index in [-0.39, 0.29) is 5.91 Å². The smallest absolute Gasteiger partial charge is 0.225 e. The molecule has 0 bridgehead atoms. The molecule has 0 radical (unpaired) electrons. The van der Waals surface area contributed by atoms with Crippen molar-refractivity contribution in [2.45, 2.75) is 26.7 Å². The second-order valence-corrected chi connectivity index (χ2v) is 6.31. The van der Waals surface area contributed by atoms with Crippen molar-refractivity contribution < 1.29 is 9.53 Å². The zero-order chi connectivity index (χ0) is 18.5. The van der Waals surface area contributed by atoms with Gasteiger partial charge in [-0.3, -0.25) is 4.79 Å². The third kappa shape index (κ3) is 4.30. The minimum atomic E-state index is -0.0333. The number of amides is 1. The fraction of sp³-hybridized carbons (Fsp3) is 0.238. The second-order valence-electron chi connectivity index (χ2n) is 6.31. The highest BCUT2D eigenvalue weighted by atomic mass is 16.5. The van der Waals surface area contributed by atoms with E-state index in [1.807, 2.05) is 68.4 Å². The molecule has 3 aromatic rings. The highest BCUT2D eigenvalue weighted by molar-refractivity contribution is 5.90. The van der Waals surface area contributed by atoms with Crippen molar-refractivity contribution in [3.05, 3.63) is 71.4 Å². The largest absolute Gasteiger partial charge is 0.497 e. The maximum absolute atomic E-state index is 12.4. The molecule has 0 saturated heterocycles. The fourth-order valence-corrected chi connectivity index (χ4v) is 2.73. The first-order valence-corrected chi connectivity index (χ1v) is 8.61. The van der Waals surface area contributed by atoms with Gasteiger partial charge in [-0.2, -0.15) is 5.10 Å². The average Bonchev–Trinajstić information content (AvgIpc) is 3.01. The molecule has 0 atom stereocenters. The van der Waals surface area contributed by atoms with E-state index in [0.717, 1.165) is 22.7 Å². The van der Waals surface area contributed by atoms with Gasteiger partial charge < -0.3 is 10.1 Å². The zero-order valence-corrected chi connectivity index (χ0v) is 15.3. The lowest BCUT2D eigenvalue weighted by molar-refractivity contribution is -0.116. The number of aryl methyl sites for hydroxylation is 3. The van der Waals surface area contributed by atoms with E-state index in [1.54, 1.807) is 11.8 Å². The van der Waals surface area contributed by atoms with E-state index in [0.29, 0.717) is 18.7 Å². The maximum atomic E-state index is 12.4. The Kier molecular flexibility index (Phi) is 5.37. The Morgan fingerprint density at radius 3 is 2.42 bits per heavy atom. The summed E-state index contributed by atoms with van der Waals surface area (Å²) < 4.78 is 6.91. The van der Waals surface area contributed by atoms with Gasteiger partial charge in [0.15, 0.2) is 0 Å². The van der Waals surface area contributed by atoms with Crippen LogP contribution in [0.5, 0.6) is 5.75 Å². The van der Waals surface area contributed by atoms with Crippen LogP contribution in [0.15, 0.2) is 54.6 Å². The number of anilines is 1. The molecule has 0 unspecified atom stereocenters. The number of aromatic nitrogens is 2. The molecule has 1 N–H and O–H groups in total. The number of ether oxygens (including phenoxy) is 1. The highest BCUT2D eigenvalue weighted by Crippen LogP contribution is 2.18. The highest BCUT2D eigenvalue weighted by Gasteiger charge is 2.11. The summed E-state index contributed by atoms with van der Waals surface area (Å²) in [7, 11) is 1.64. The number of carbonyl (C=O) groups is 1. The molecule has 0 aliphatic carbocycles. The molecule has 26 heavy (non-hydrogen) atoms. The van der Waals surface area contributed by atoms with Gasteiger partial charge in [-0.1, -0.05) is 29.8 Å². The van der Waals surface area contributed by atoms with Crippen LogP contribution >= 0.6 is 0 Å². The van der Waals surface area contributed by atoms with Crippen molar-refractivity contribution >= 4 is 11.7 Å². The normalized spacial score (nSPS) is 10.6. The van der Waals surface area contributed by atoms with E-state index in [1.165, 1.54) is 5.56 Å². The Balaban J connectivity index is 1.66. The number of rotatable bonds is 6. The summed E-state index contributed by atoms with van der Waals surface area (Å²) in [5, 5.41) is 7.46. The SMILES string of the molecule is COc1ccc(CCC(=O)Nc2cc(C)nn2-c2ccc(C)cc2)cc1. The molecule has 0 aliphatic rings. The van der Waals surface area contributed by atoms with E-state index in [2.05, 4.69) is 10.4 Å². The molecule has 1 amide bonds. The summed E-state index contributed by atoms with van der Waals surface area (Å²) >= 11 is 0. The van der Waals surface area contributed by atoms with Crippen molar-refractivity contribution in [3.63, 3.8) is 0 Å². The van der Waals surface area contributed by atoms with Crippen LogP contribution in [0.4, 0.5) is 5.82 Å². The van der Waals surface area contributed by atoms with Gasteiger partial charge in [0.1, 0.15) is 11.6 Å². The summed E-state index contributed by atoms with van der Waals surface area (Å²) in [5.74, 6) is 1.47. The van der Waals surface area contributed by atoms with Gasteiger partial charge in [-0.25, -0.2) is 4.68 Å². The van der Waals surface area contributed by atoms with E-state index < -0.39 is 0 Å². The minimum Gasteiger partial charge on any atom is -0.497 e. The number of nitrogens with zero attached hydrogens (tertiary/aromatic N) is 2. The van der Waals surface area contributed by atoms with Gasteiger partial charge in [-0.05, 0) is 50.1 Å². The van der Waals surface area contributed by atoms with Crippen LogP contribution in [-0.4, -0.2) is 22.8 Å². The minimum absolute atomic E-state index is 0.0333. The first-order chi connectivity index (χ1) is 12.5. The summed E-state index contributed by atoms with van der Waals surface area (Å²) in [6, 6.07) is 17.7. The lowest BCUT2D eigenvalue weighted by Crippen LogP contribution is -2.15. The number of carbonyl (C=O) groups excluding carboxylic acids is 1. The Hall–Kier alpha value is -3.08. The van der Waals surface area contributed by atoms with Crippen LogP contribution in [0.3, 0.4) is 0 Å². The van der Waals surface area contributed by atoms with Crippen LogP contribution in [0.2, 0.25) is 0 Å². The average molecular weight is 349 g/mol. The second kappa shape index (κ2) is 7.87. The van der Waals surface area contributed by atoms with Crippen molar-refractivity contribution in [2.75, 3.05) is 12.4 Å². The third-order valence-corrected chi connectivity index (χ3v) is 4.18. The van der Waals surface area contributed by atoms with E-state index in [4.69, 9.17) is 4.74 Å². The predicted octanol–water partition coefficient (Wildman–Crippen LogP) is 4.07. The molecule has 2 aromatic carbocycles. The standard InChI is InChI=1S/C21H23N3O2/c1-15-4-9-18(10-5-15)24-20(14-16(2)23-24)22-21(25)13-8-17-6-11-19(26-3)12-7-17/h4-7,9-12,14H,8,13H2,1-3H3,(H,22,25). The Morgan fingerprint density at radius 1 is 1.08 bits per heavy atom. The van der Waals surface area contributed by atoms with Gasteiger partial charge in [0.25, 0.3) is 0 Å². The number of benzene rings is 2. The molecule has 0 saturated carbocycles. The summed E-state index contributed by atoms with van der Waals surface area (Å²) in [6.45, 7) is 3.96. The molecule has 5 nitrogen and oxygen atoms in total. The molecule has 1 heterocycles. The van der Waals surface area contributed by atoms with E-state index >= 15 is 0 Å². The van der Waals surface area contributed by atoms with Gasteiger partial charge in [0.2, 0.25) is 5.91 Å². The molecular weight excluding hydrogens is 326 g/mol. The molecule has 134 valence electrons. The third-order valence-electron chi connectivity index (χ3n) is 4.18. The Labute approximate surface area is 153 Å². The zero-order valence-electron chi connectivity index (χ0n) is 15.3. The molecule has 0 aliphatic heterocycles. The van der Waals surface area contributed by atoms with Crippen molar-refractivity contribution in [3.8, 4) is 11.4 Å². The van der Waals surface area contributed by atoms with Crippen LogP contribution in [0.25, 0.3) is 5.69 Å². The van der Waals surface area contributed by atoms with Crippen molar-refractivity contribution in [1.82, 2.24) is 9.78 Å². The maximum Gasteiger partial charge on any atom is 0.225 e. The van der Waals surface area contributed by atoms with Crippen molar-refractivity contribution in [1.29, 1.82) is 0 Å². The Morgan fingerprint density at radius 2 is 1.77 bits per heavy atom. The lowest BCUT2D eigenvalue weighted by Gasteiger charge is -2.09. The predicted molar refractivity (Wildman–Crippen MR) is 103 cm³/mol. The molecule has 0 fully saturated rings. The molecule has 0 spiro atoms. The lowest BCUT2D eigenvalue weighted by atomic mass is 10.1.